The molecule has 130 valence electrons. The number of nitro benzene ring substituents is 1. The van der Waals surface area contributed by atoms with Crippen LogP contribution < -0.4 is 5.32 Å². The molecule has 1 N–H and O–H groups in total. The highest BCUT2D eigenvalue weighted by Crippen LogP contribution is 2.22. The van der Waals surface area contributed by atoms with E-state index in [1.54, 1.807) is 0 Å². The van der Waals surface area contributed by atoms with E-state index in [4.69, 9.17) is 27.9 Å². The molecule has 0 fully saturated rings. The average molecular weight is 383 g/mol. The van der Waals surface area contributed by atoms with Crippen LogP contribution in [-0.4, -0.2) is 22.9 Å². The molecule has 2 aromatic rings. The molecule has 0 aromatic heterocycles. The number of hydrogen-bond donors (Lipinski definition) is 1. The highest BCUT2D eigenvalue weighted by atomic mass is 35.5. The number of carbonyl (C=O) groups excluding carboxylic acids is 2. The molecular formula is C16H12Cl2N2O5. The fourth-order valence-electron chi connectivity index (χ4n) is 1.90. The van der Waals surface area contributed by atoms with Crippen molar-refractivity contribution in [2.24, 2.45) is 0 Å². The quantitative estimate of drug-likeness (QED) is 0.477. The second-order valence-electron chi connectivity index (χ2n) is 5.00. The lowest BCUT2D eigenvalue weighted by Crippen LogP contribution is -2.30. The Hall–Kier alpha value is -2.64. The van der Waals surface area contributed by atoms with E-state index < -0.39 is 22.9 Å². The number of ether oxygens (including phenoxy) is 1. The van der Waals surface area contributed by atoms with E-state index in [1.807, 2.05) is 0 Å². The van der Waals surface area contributed by atoms with E-state index in [1.165, 1.54) is 43.3 Å². The third-order valence-electron chi connectivity index (χ3n) is 3.08. The fraction of sp³-hybridized carbons (Fsp3) is 0.125. The van der Waals surface area contributed by atoms with Crippen LogP contribution in [0.25, 0.3) is 0 Å². The average Bonchev–Trinajstić information content (AvgIpc) is 2.53. The molecule has 0 aliphatic heterocycles. The molecule has 0 radical (unpaired) electrons. The van der Waals surface area contributed by atoms with Crippen LogP contribution in [0.3, 0.4) is 0 Å². The number of hydrogen-bond acceptors (Lipinski definition) is 5. The molecule has 0 aliphatic carbocycles. The van der Waals surface area contributed by atoms with Gasteiger partial charge < -0.3 is 10.1 Å². The highest BCUT2D eigenvalue weighted by molar-refractivity contribution is 6.35. The Morgan fingerprint density at radius 2 is 1.80 bits per heavy atom. The number of carbonyl (C=O) groups is 2. The van der Waals surface area contributed by atoms with E-state index in [9.17, 15) is 19.7 Å². The smallest absolute Gasteiger partial charge is 0.339 e. The normalized spacial score (nSPS) is 11.5. The first-order valence-electron chi connectivity index (χ1n) is 6.98. The van der Waals surface area contributed by atoms with Crippen molar-refractivity contribution >= 4 is 46.5 Å². The van der Waals surface area contributed by atoms with Gasteiger partial charge in [-0.15, -0.1) is 0 Å². The summed E-state index contributed by atoms with van der Waals surface area (Å²) in [5, 5.41) is 13.9. The first kappa shape index (κ1) is 18.7. The van der Waals surface area contributed by atoms with Crippen molar-refractivity contribution in [3.8, 4) is 0 Å². The fourth-order valence-corrected chi connectivity index (χ4v) is 2.42. The summed E-state index contributed by atoms with van der Waals surface area (Å²) in [6, 6.07) is 9.51. The van der Waals surface area contributed by atoms with Crippen LogP contribution >= 0.6 is 23.2 Å². The molecule has 1 amide bonds. The van der Waals surface area contributed by atoms with Crippen LogP contribution in [0.4, 0.5) is 11.4 Å². The predicted octanol–water partition coefficient (Wildman–Crippen LogP) is 4.09. The van der Waals surface area contributed by atoms with Gasteiger partial charge in [0, 0.05) is 27.9 Å². The molecule has 0 saturated heterocycles. The standard InChI is InChI=1S/C16H12Cl2N2O5/c1-9(15(21)19-13-7-11(17)6-12(18)8-13)25-16(22)10-3-2-4-14(5-10)20(23)24/h2-9H,1H3,(H,19,21)/t9-/m0/s1. The molecular weight excluding hydrogens is 371 g/mol. The first-order chi connectivity index (χ1) is 11.8. The van der Waals surface area contributed by atoms with Crippen molar-refractivity contribution in [3.63, 3.8) is 0 Å². The van der Waals surface area contributed by atoms with Crippen molar-refractivity contribution in [2.45, 2.75) is 13.0 Å². The number of non-ortho nitro benzene ring substituents is 1. The third-order valence-corrected chi connectivity index (χ3v) is 3.51. The van der Waals surface area contributed by atoms with Gasteiger partial charge in [0.05, 0.1) is 10.5 Å². The third kappa shape index (κ3) is 5.17. The Morgan fingerprint density at radius 1 is 1.16 bits per heavy atom. The molecule has 2 aromatic carbocycles. The van der Waals surface area contributed by atoms with Gasteiger partial charge in [-0.05, 0) is 31.2 Å². The Morgan fingerprint density at radius 3 is 2.40 bits per heavy atom. The van der Waals surface area contributed by atoms with Gasteiger partial charge in [0.15, 0.2) is 6.10 Å². The second kappa shape index (κ2) is 7.96. The van der Waals surface area contributed by atoms with Gasteiger partial charge in [0.2, 0.25) is 0 Å². The number of rotatable bonds is 5. The lowest BCUT2D eigenvalue weighted by atomic mass is 10.2. The van der Waals surface area contributed by atoms with E-state index in [0.717, 1.165) is 6.07 Å². The Balaban J connectivity index is 2.04. The zero-order chi connectivity index (χ0) is 18.6. The summed E-state index contributed by atoms with van der Waals surface area (Å²) < 4.78 is 5.03. The number of nitrogens with one attached hydrogen (secondary N) is 1. The van der Waals surface area contributed by atoms with E-state index in [0.29, 0.717) is 15.7 Å². The van der Waals surface area contributed by atoms with Gasteiger partial charge in [0.25, 0.3) is 11.6 Å². The van der Waals surface area contributed by atoms with Crippen LogP contribution in [0.15, 0.2) is 42.5 Å². The molecule has 0 saturated carbocycles. The van der Waals surface area contributed by atoms with Crippen molar-refractivity contribution in [1.29, 1.82) is 0 Å². The minimum atomic E-state index is -1.13. The second-order valence-corrected chi connectivity index (χ2v) is 5.88. The van der Waals surface area contributed by atoms with Crippen LogP contribution in [0, 0.1) is 10.1 Å². The van der Waals surface area contributed by atoms with Crippen LogP contribution in [0.1, 0.15) is 17.3 Å². The first-order valence-corrected chi connectivity index (χ1v) is 7.74. The van der Waals surface area contributed by atoms with Gasteiger partial charge in [-0.2, -0.15) is 0 Å². The molecule has 0 bridgehead atoms. The van der Waals surface area contributed by atoms with Crippen LogP contribution in [0.5, 0.6) is 0 Å². The van der Waals surface area contributed by atoms with Crippen molar-refractivity contribution in [1.82, 2.24) is 0 Å². The van der Waals surface area contributed by atoms with E-state index >= 15 is 0 Å². The maximum absolute atomic E-state index is 12.1. The summed E-state index contributed by atoms with van der Waals surface area (Å²) >= 11 is 11.7. The monoisotopic (exact) mass is 382 g/mol. The minimum Gasteiger partial charge on any atom is -0.449 e. The number of halogens is 2. The van der Waals surface area contributed by atoms with Gasteiger partial charge in [-0.1, -0.05) is 29.3 Å². The summed E-state index contributed by atoms with van der Waals surface area (Å²) in [7, 11) is 0. The molecule has 25 heavy (non-hydrogen) atoms. The van der Waals surface area contributed by atoms with Gasteiger partial charge in [0.1, 0.15) is 0 Å². The maximum Gasteiger partial charge on any atom is 0.339 e. The van der Waals surface area contributed by atoms with Crippen molar-refractivity contribution in [3.05, 3.63) is 68.2 Å². The Bertz CT molecular complexity index is 821. The number of amides is 1. The van der Waals surface area contributed by atoms with Crippen LogP contribution in [-0.2, 0) is 9.53 Å². The molecule has 9 heteroatoms. The zero-order valence-corrected chi connectivity index (χ0v) is 14.4. The minimum absolute atomic E-state index is 0.0281. The summed E-state index contributed by atoms with van der Waals surface area (Å²) in [4.78, 5) is 34.2. The van der Waals surface area contributed by atoms with Crippen molar-refractivity contribution < 1.29 is 19.2 Å². The SMILES string of the molecule is C[C@H](OC(=O)c1cccc([N+](=O)[O-])c1)C(=O)Nc1cc(Cl)cc(Cl)c1. The topological polar surface area (TPSA) is 98.5 Å². The molecule has 2 rings (SSSR count). The lowest BCUT2D eigenvalue weighted by Gasteiger charge is -2.14. The number of benzene rings is 2. The maximum atomic E-state index is 12.1. The number of anilines is 1. The summed E-state index contributed by atoms with van der Waals surface area (Å²) in [6.07, 6.45) is -1.13. The number of esters is 1. The number of nitrogens with zero attached hydrogens (tertiary/aromatic N) is 1. The summed E-state index contributed by atoms with van der Waals surface area (Å²) in [5.41, 5.74) is 0.0699. The van der Waals surface area contributed by atoms with E-state index in [-0.39, 0.29) is 11.3 Å². The molecule has 0 unspecified atom stereocenters. The molecule has 1 atom stereocenters. The number of nitro groups is 1. The lowest BCUT2D eigenvalue weighted by molar-refractivity contribution is -0.384. The Labute approximate surface area is 152 Å². The zero-order valence-electron chi connectivity index (χ0n) is 12.9. The van der Waals surface area contributed by atoms with Crippen LogP contribution in [0.2, 0.25) is 10.0 Å². The highest BCUT2D eigenvalue weighted by Gasteiger charge is 2.20. The molecule has 0 spiro atoms. The predicted molar refractivity (Wildman–Crippen MR) is 93.1 cm³/mol. The van der Waals surface area contributed by atoms with Gasteiger partial charge in [-0.3, -0.25) is 14.9 Å². The molecule has 0 aliphatic rings. The van der Waals surface area contributed by atoms with Crippen molar-refractivity contribution in [2.75, 3.05) is 5.32 Å². The largest absolute Gasteiger partial charge is 0.449 e. The molecule has 7 nitrogen and oxygen atoms in total. The van der Waals surface area contributed by atoms with Gasteiger partial charge >= 0.3 is 5.97 Å². The summed E-state index contributed by atoms with van der Waals surface area (Å²) in [6.45, 7) is 1.37. The molecule has 0 heterocycles. The Kier molecular flexibility index (Phi) is 5.95. The summed E-state index contributed by atoms with van der Waals surface area (Å²) in [5.74, 6) is -1.45. The van der Waals surface area contributed by atoms with Gasteiger partial charge in [-0.25, -0.2) is 4.79 Å². The van der Waals surface area contributed by atoms with E-state index in [2.05, 4.69) is 5.32 Å².